The minimum atomic E-state index is -0.485. The van der Waals surface area contributed by atoms with Crippen LogP contribution in [0.5, 0.6) is 0 Å². The second-order valence-corrected chi connectivity index (χ2v) is 5.26. The summed E-state index contributed by atoms with van der Waals surface area (Å²) in [7, 11) is 1.33. The van der Waals surface area contributed by atoms with Crippen molar-refractivity contribution in [1.29, 1.82) is 0 Å². The third-order valence-electron chi connectivity index (χ3n) is 3.39. The molecule has 26 heavy (non-hydrogen) atoms. The maximum Gasteiger partial charge on any atom is 0.411 e. The molecule has 0 atom stereocenters. The number of methoxy groups -OCH3 is 1. The molecular weight excluding hydrogens is 447 g/mol. The van der Waals surface area contributed by atoms with Gasteiger partial charge in [-0.25, -0.2) is 9.79 Å². The zero-order chi connectivity index (χ0) is 17.9. The molecule has 1 heterocycles. The van der Waals surface area contributed by atoms with Gasteiger partial charge < -0.3 is 19.8 Å². The molecule has 8 heteroatoms. The van der Waals surface area contributed by atoms with Gasteiger partial charge in [-0.15, -0.1) is 24.0 Å². The Bertz CT molecular complexity index is 672. The summed E-state index contributed by atoms with van der Waals surface area (Å²) in [5.74, 6) is 1.70. The number of halogens is 1. The van der Waals surface area contributed by atoms with E-state index in [1.54, 1.807) is 6.26 Å². The molecule has 2 rings (SSSR count). The standard InChI is InChI=1S/C18H24N4O3.HI/c1-3-19-17(20-11-10-16-5-4-12-25-16)21-13-14-6-8-15(9-7-14)22-18(23)24-2;/h4-9,12H,3,10-11,13H2,1-2H3,(H,22,23)(H2,19,20,21);1H. The molecule has 0 aliphatic heterocycles. The highest BCUT2D eigenvalue weighted by Crippen LogP contribution is 2.10. The lowest BCUT2D eigenvalue weighted by molar-refractivity contribution is 0.187. The summed E-state index contributed by atoms with van der Waals surface area (Å²) in [5, 5.41) is 9.11. The fourth-order valence-electron chi connectivity index (χ4n) is 2.13. The summed E-state index contributed by atoms with van der Waals surface area (Å²) in [4.78, 5) is 15.7. The molecule has 1 aromatic heterocycles. The van der Waals surface area contributed by atoms with Gasteiger partial charge in [-0.2, -0.15) is 0 Å². The van der Waals surface area contributed by atoms with Crippen molar-refractivity contribution in [2.45, 2.75) is 19.9 Å². The Morgan fingerprint density at radius 3 is 2.58 bits per heavy atom. The fourth-order valence-corrected chi connectivity index (χ4v) is 2.13. The Morgan fingerprint density at radius 1 is 1.19 bits per heavy atom. The number of guanidine groups is 1. The van der Waals surface area contributed by atoms with Crippen LogP contribution in [0.15, 0.2) is 52.1 Å². The lowest BCUT2D eigenvalue weighted by Gasteiger charge is -2.11. The van der Waals surface area contributed by atoms with E-state index >= 15 is 0 Å². The predicted octanol–water partition coefficient (Wildman–Crippen LogP) is 3.37. The summed E-state index contributed by atoms with van der Waals surface area (Å²) in [5.41, 5.74) is 1.72. The van der Waals surface area contributed by atoms with Gasteiger partial charge >= 0.3 is 6.09 Å². The van der Waals surface area contributed by atoms with E-state index in [0.29, 0.717) is 12.2 Å². The Kier molecular flexibility index (Phi) is 10.2. The van der Waals surface area contributed by atoms with Crippen LogP contribution in [-0.4, -0.2) is 32.3 Å². The summed E-state index contributed by atoms with van der Waals surface area (Å²) in [6, 6.07) is 11.3. The molecule has 7 nitrogen and oxygen atoms in total. The molecule has 0 unspecified atom stereocenters. The smallest absolute Gasteiger partial charge is 0.411 e. The summed E-state index contributed by atoms with van der Waals surface area (Å²) in [6.45, 7) is 4.08. The van der Waals surface area contributed by atoms with E-state index in [2.05, 4.69) is 25.7 Å². The molecule has 0 saturated carbocycles. The van der Waals surface area contributed by atoms with Crippen molar-refractivity contribution in [2.75, 3.05) is 25.5 Å². The summed E-state index contributed by atoms with van der Waals surface area (Å²) >= 11 is 0. The lowest BCUT2D eigenvalue weighted by Crippen LogP contribution is -2.38. The second-order valence-electron chi connectivity index (χ2n) is 5.26. The number of carbonyl (C=O) groups excluding carboxylic acids is 1. The van der Waals surface area contributed by atoms with Crippen molar-refractivity contribution in [3.8, 4) is 0 Å². The van der Waals surface area contributed by atoms with Crippen molar-refractivity contribution < 1.29 is 13.9 Å². The third-order valence-corrected chi connectivity index (χ3v) is 3.39. The van der Waals surface area contributed by atoms with Gasteiger partial charge in [0.2, 0.25) is 0 Å². The number of benzene rings is 1. The first kappa shape index (κ1) is 21.8. The Labute approximate surface area is 170 Å². The van der Waals surface area contributed by atoms with Crippen molar-refractivity contribution in [3.63, 3.8) is 0 Å². The first-order chi connectivity index (χ1) is 12.2. The van der Waals surface area contributed by atoms with Crippen LogP contribution >= 0.6 is 24.0 Å². The number of amides is 1. The van der Waals surface area contributed by atoms with Crippen LogP contribution in [0.4, 0.5) is 10.5 Å². The Hall–Kier alpha value is -2.23. The minimum absolute atomic E-state index is 0. The topological polar surface area (TPSA) is 87.9 Å². The van der Waals surface area contributed by atoms with Crippen LogP contribution in [0.2, 0.25) is 0 Å². The molecule has 0 spiro atoms. The van der Waals surface area contributed by atoms with Crippen LogP contribution < -0.4 is 16.0 Å². The number of aliphatic imine (C=N–C) groups is 1. The number of hydrogen-bond acceptors (Lipinski definition) is 4. The van der Waals surface area contributed by atoms with E-state index in [0.717, 1.165) is 36.8 Å². The normalized spacial score (nSPS) is 10.6. The molecule has 0 saturated heterocycles. The number of rotatable bonds is 7. The van der Waals surface area contributed by atoms with E-state index in [9.17, 15) is 4.79 Å². The van der Waals surface area contributed by atoms with Crippen LogP contribution in [-0.2, 0) is 17.7 Å². The quantitative estimate of drug-likeness (QED) is 0.327. The van der Waals surface area contributed by atoms with E-state index in [4.69, 9.17) is 4.42 Å². The lowest BCUT2D eigenvalue weighted by atomic mass is 10.2. The monoisotopic (exact) mass is 472 g/mol. The van der Waals surface area contributed by atoms with Crippen LogP contribution in [0.1, 0.15) is 18.2 Å². The number of nitrogens with zero attached hydrogens (tertiary/aromatic N) is 1. The largest absolute Gasteiger partial charge is 0.469 e. The number of carbonyl (C=O) groups is 1. The number of ether oxygens (including phenoxy) is 1. The molecule has 142 valence electrons. The van der Waals surface area contributed by atoms with Crippen LogP contribution in [0.3, 0.4) is 0 Å². The van der Waals surface area contributed by atoms with E-state index in [1.165, 1.54) is 7.11 Å². The van der Waals surface area contributed by atoms with Gasteiger partial charge in [-0.3, -0.25) is 5.32 Å². The first-order valence-electron chi connectivity index (χ1n) is 8.19. The number of anilines is 1. The van der Waals surface area contributed by atoms with Gasteiger partial charge in [-0.1, -0.05) is 12.1 Å². The molecule has 0 fully saturated rings. The average molecular weight is 472 g/mol. The highest BCUT2D eigenvalue weighted by molar-refractivity contribution is 14.0. The molecule has 1 amide bonds. The van der Waals surface area contributed by atoms with E-state index in [1.807, 2.05) is 43.3 Å². The van der Waals surface area contributed by atoms with Gasteiger partial charge in [0.05, 0.1) is 19.9 Å². The zero-order valence-corrected chi connectivity index (χ0v) is 17.3. The van der Waals surface area contributed by atoms with Gasteiger partial charge in [0, 0.05) is 25.2 Å². The molecule has 0 aliphatic carbocycles. The molecule has 0 bridgehead atoms. The van der Waals surface area contributed by atoms with Gasteiger partial charge in [0.1, 0.15) is 5.76 Å². The highest BCUT2D eigenvalue weighted by Gasteiger charge is 2.02. The SMILES string of the molecule is CCNC(=NCc1ccc(NC(=O)OC)cc1)NCCc1ccco1.I. The molecular formula is C18H25IN4O3. The predicted molar refractivity (Wildman–Crippen MR) is 113 cm³/mol. The van der Waals surface area contributed by atoms with Crippen molar-refractivity contribution in [3.05, 3.63) is 54.0 Å². The van der Waals surface area contributed by atoms with Crippen LogP contribution in [0.25, 0.3) is 0 Å². The summed E-state index contributed by atoms with van der Waals surface area (Å²) in [6.07, 6.45) is 1.99. The maximum atomic E-state index is 11.2. The fraction of sp³-hybridized carbons (Fsp3) is 0.333. The Balaban J connectivity index is 0.00000338. The number of furan rings is 1. The van der Waals surface area contributed by atoms with E-state index in [-0.39, 0.29) is 24.0 Å². The Morgan fingerprint density at radius 2 is 1.96 bits per heavy atom. The number of nitrogens with one attached hydrogen (secondary N) is 3. The van der Waals surface area contributed by atoms with Gasteiger partial charge in [-0.05, 0) is 36.8 Å². The zero-order valence-electron chi connectivity index (χ0n) is 15.0. The number of hydrogen-bond donors (Lipinski definition) is 3. The maximum absolute atomic E-state index is 11.2. The third kappa shape index (κ3) is 7.77. The molecule has 3 N–H and O–H groups in total. The first-order valence-corrected chi connectivity index (χ1v) is 8.19. The highest BCUT2D eigenvalue weighted by atomic mass is 127. The molecule has 0 radical (unpaired) electrons. The molecule has 1 aromatic carbocycles. The molecule has 2 aromatic rings. The van der Waals surface area contributed by atoms with Crippen LogP contribution in [0, 0.1) is 0 Å². The second kappa shape index (κ2) is 12.2. The van der Waals surface area contributed by atoms with Crippen molar-refractivity contribution in [2.24, 2.45) is 4.99 Å². The minimum Gasteiger partial charge on any atom is -0.469 e. The average Bonchev–Trinajstić information content (AvgIpc) is 3.14. The van der Waals surface area contributed by atoms with Crippen molar-refractivity contribution >= 4 is 41.7 Å². The molecule has 0 aliphatic rings. The van der Waals surface area contributed by atoms with Gasteiger partial charge in [0.15, 0.2) is 5.96 Å². The van der Waals surface area contributed by atoms with Gasteiger partial charge in [0.25, 0.3) is 0 Å². The van der Waals surface area contributed by atoms with Crippen molar-refractivity contribution in [1.82, 2.24) is 10.6 Å². The van der Waals surface area contributed by atoms with E-state index < -0.39 is 6.09 Å². The summed E-state index contributed by atoms with van der Waals surface area (Å²) < 4.78 is 9.87.